The Morgan fingerprint density at radius 1 is 1.10 bits per heavy atom. The first-order valence-corrected chi connectivity index (χ1v) is 11.7. The van der Waals surface area contributed by atoms with Gasteiger partial charge in [0.15, 0.2) is 0 Å². The molecule has 9 heteroatoms. The molecular weight excluding hydrogens is 449 g/mol. The van der Waals surface area contributed by atoms with E-state index in [4.69, 9.17) is 23.2 Å². The van der Waals surface area contributed by atoms with Gasteiger partial charge in [-0.05, 0) is 35.4 Å². The molecule has 0 saturated carbocycles. The third-order valence-electron chi connectivity index (χ3n) is 5.00. The molecule has 0 amide bonds. The van der Waals surface area contributed by atoms with E-state index in [2.05, 4.69) is 9.88 Å². The summed E-state index contributed by atoms with van der Waals surface area (Å²) in [6.07, 6.45) is 1.69. The fourth-order valence-electron chi connectivity index (χ4n) is 3.55. The van der Waals surface area contributed by atoms with E-state index in [-0.39, 0.29) is 12.1 Å². The van der Waals surface area contributed by atoms with Gasteiger partial charge in [0.05, 0.1) is 12.6 Å². The summed E-state index contributed by atoms with van der Waals surface area (Å²) in [5.74, 6) is 0. The van der Waals surface area contributed by atoms with Gasteiger partial charge < -0.3 is 4.55 Å². The molecule has 4 rings (SSSR count). The fraction of sp³-hybridized carbons (Fsp3) is 0.250. The number of thiazole rings is 1. The molecule has 1 atom stereocenters. The minimum absolute atomic E-state index is 0.00239. The van der Waals surface area contributed by atoms with Crippen LogP contribution in [0.15, 0.2) is 60.1 Å². The van der Waals surface area contributed by atoms with Gasteiger partial charge in [-0.25, -0.2) is 9.29 Å². The van der Waals surface area contributed by atoms with Gasteiger partial charge in [0.25, 0.3) is 0 Å². The van der Waals surface area contributed by atoms with E-state index in [0.717, 1.165) is 16.1 Å². The summed E-state index contributed by atoms with van der Waals surface area (Å²) >= 11 is 11.3. The van der Waals surface area contributed by atoms with Crippen LogP contribution in [-0.4, -0.2) is 42.1 Å². The Hall–Kier alpha value is -1.32. The quantitative estimate of drug-likeness (QED) is 0.480. The summed E-state index contributed by atoms with van der Waals surface area (Å²) in [5.41, 5.74) is 2.20. The smallest absolute Gasteiger partial charge is 0.108 e. The van der Waals surface area contributed by atoms with Gasteiger partial charge in [0.2, 0.25) is 0 Å². The van der Waals surface area contributed by atoms with Crippen LogP contribution in [0.4, 0.5) is 0 Å². The lowest BCUT2D eigenvalue weighted by Gasteiger charge is -2.49. The van der Waals surface area contributed by atoms with E-state index in [1.54, 1.807) is 6.20 Å². The van der Waals surface area contributed by atoms with Crippen LogP contribution in [0.3, 0.4) is 0 Å². The minimum Gasteiger partial charge on any atom is -0.760 e. The van der Waals surface area contributed by atoms with Crippen LogP contribution >= 0.6 is 34.5 Å². The van der Waals surface area contributed by atoms with E-state index in [0.29, 0.717) is 29.7 Å². The van der Waals surface area contributed by atoms with Crippen molar-refractivity contribution in [3.63, 3.8) is 0 Å². The van der Waals surface area contributed by atoms with E-state index in [1.165, 1.54) is 15.6 Å². The van der Waals surface area contributed by atoms with Crippen LogP contribution in [0.25, 0.3) is 0 Å². The van der Waals surface area contributed by atoms with Crippen molar-refractivity contribution in [1.29, 1.82) is 0 Å². The van der Waals surface area contributed by atoms with Crippen LogP contribution < -0.4 is 0 Å². The van der Waals surface area contributed by atoms with E-state index < -0.39 is 11.3 Å². The zero-order valence-corrected chi connectivity index (χ0v) is 18.4. The number of aromatic nitrogens is 1. The van der Waals surface area contributed by atoms with Crippen LogP contribution in [0.2, 0.25) is 10.0 Å². The van der Waals surface area contributed by atoms with Gasteiger partial charge in [-0.1, -0.05) is 47.5 Å². The molecule has 0 aliphatic carbocycles. The fourth-order valence-corrected chi connectivity index (χ4v) is 5.11. The second kappa shape index (κ2) is 9.22. The Morgan fingerprint density at radius 3 is 2.10 bits per heavy atom. The zero-order valence-electron chi connectivity index (χ0n) is 15.3. The largest absolute Gasteiger partial charge is 0.760 e. The average molecular weight is 467 g/mol. The molecule has 29 heavy (non-hydrogen) atoms. The maximum atomic E-state index is 11.8. The number of hydrogen-bond acceptors (Lipinski definition) is 5. The Labute approximate surface area is 186 Å². The number of hydrogen-bond donors (Lipinski definition) is 0. The van der Waals surface area contributed by atoms with Gasteiger partial charge >= 0.3 is 0 Å². The number of nitrogens with zero attached hydrogens (tertiary/aromatic N) is 3. The predicted octanol–water partition coefficient (Wildman–Crippen LogP) is 4.52. The van der Waals surface area contributed by atoms with Gasteiger partial charge in [-0.15, -0.1) is 11.3 Å². The van der Waals surface area contributed by atoms with E-state index in [1.807, 2.05) is 53.9 Å². The molecule has 0 N–H and O–H groups in total. The van der Waals surface area contributed by atoms with Crippen LogP contribution in [0.5, 0.6) is 0 Å². The van der Waals surface area contributed by atoms with Crippen LogP contribution in [-0.2, 0) is 17.8 Å². The van der Waals surface area contributed by atoms with Gasteiger partial charge in [-0.2, -0.15) is 0 Å². The lowest BCUT2D eigenvalue weighted by atomic mass is 9.93. The Morgan fingerprint density at radius 2 is 1.66 bits per heavy atom. The normalized spacial score (nSPS) is 16.3. The first-order valence-electron chi connectivity index (χ1n) is 9.00. The average Bonchev–Trinajstić information content (AvgIpc) is 3.18. The highest BCUT2D eigenvalue weighted by Crippen LogP contribution is 2.35. The Bertz CT molecular complexity index is 917. The molecule has 1 saturated heterocycles. The maximum absolute atomic E-state index is 11.8. The number of likely N-dealkylation sites (tertiary alicyclic amines) is 1. The molecule has 0 spiro atoms. The summed E-state index contributed by atoms with van der Waals surface area (Å²) in [5, 5.41) is 4.01. The highest BCUT2D eigenvalue weighted by atomic mass is 35.5. The summed E-state index contributed by atoms with van der Waals surface area (Å²) in [6, 6.07) is 15.4. The molecule has 5 nitrogen and oxygen atoms in total. The lowest BCUT2D eigenvalue weighted by molar-refractivity contribution is 0.0494. The van der Waals surface area contributed by atoms with Crippen molar-refractivity contribution in [3.05, 3.63) is 86.3 Å². The van der Waals surface area contributed by atoms with Crippen molar-refractivity contribution in [3.8, 4) is 0 Å². The van der Waals surface area contributed by atoms with Gasteiger partial charge in [0, 0.05) is 52.0 Å². The maximum Gasteiger partial charge on any atom is 0.108 e. The molecule has 0 radical (unpaired) electrons. The van der Waals surface area contributed by atoms with Crippen molar-refractivity contribution >= 4 is 45.8 Å². The third-order valence-corrected chi connectivity index (χ3v) is 7.08. The molecule has 2 heterocycles. The highest BCUT2D eigenvalue weighted by molar-refractivity contribution is 7.76. The van der Waals surface area contributed by atoms with Crippen molar-refractivity contribution in [1.82, 2.24) is 14.2 Å². The standard InChI is InChI=1S/C20H19Cl2N3O2S2/c21-16-5-1-14(2-6-16)20(15-3-7-17(22)8-4-15)24-11-18(12-24)25(29(26)27)13-19-23-9-10-28-19/h1-10,18,20H,11-13H2,(H,26,27)/p-1. The second-order valence-corrected chi connectivity index (χ2v) is 9.59. The lowest BCUT2D eigenvalue weighted by Crippen LogP contribution is -2.60. The molecule has 3 aromatic rings. The summed E-state index contributed by atoms with van der Waals surface area (Å²) in [7, 11) is 0. The highest BCUT2D eigenvalue weighted by Gasteiger charge is 2.38. The molecular formula is C20H18Cl2N3O2S2-. The van der Waals surface area contributed by atoms with E-state index >= 15 is 0 Å². The first kappa shape index (κ1) is 20.9. The second-order valence-electron chi connectivity index (χ2n) is 6.83. The Kier molecular flexibility index (Phi) is 6.66. The van der Waals surface area contributed by atoms with Gasteiger partial charge in [0.1, 0.15) is 5.01 Å². The third kappa shape index (κ3) is 4.88. The van der Waals surface area contributed by atoms with Gasteiger partial charge in [-0.3, -0.25) is 9.11 Å². The molecule has 1 aromatic heterocycles. The van der Waals surface area contributed by atoms with Crippen molar-refractivity contribution < 1.29 is 8.76 Å². The Balaban J connectivity index is 1.54. The predicted molar refractivity (Wildman–Crippen MR) is 117 cm³/mol. The number of rotatable bonds is 7. The summed E-state index contributed by atoms with van der Waals surface area (Å²) in [4.78, 5) is 6.47. The minimum atomic E-state index is -2.30. The molecule has 1 aliphatic rings. The van der Waals surface area contributed by atoms with Crippen LogP contribution in [0.1, 0.15) is 22.2 Å². The topological polar surface area (TPSA) is 59.5 Å². The SMILES string of the molecule is O=S([O-])N(Cc1nccs1)C1CN(C(c2ccc(Cl)cc2)c2ccc(Cl)cc2)C1. The number of benzene rings is 2. The molecule has 152 valence electrons. The molecule has 0 bridgehead atoms. The molecule has 1 fully saturated rings. The van der Waals surface area contributed by atoms with Crippen molar-refractivity contribution in [2.45, 2.75) is 18.6 Å². The molecule has 1 aliphatic heterocycles. The monoisotopic (exact) mass is 466 g/mol. The summed E-state index contributed by atoms with van der Waals surface area (Å²) in [6.45, 7) is 1.57. The molecule has 2 aromatic carbocycles. The first-order chi connectivity index (χ1) is 14.0. The summed E-state index contributed by atoms with van der Waals surface area (Å²) < 4.78 is 25.1. The number of halogens is 2. The van der Waals surface area contributed by atoms with Crippen LogP contribution in [0, 0.1) is 0 Å². The van der Waals surface area contributed by atoms with E-state index in [9.17, 15) is 8.76 Å². The van der Waals surface area contributed by atoms with Crippen molar-refractivity contribution in [2.75, 3.05) is 13.1 Å². The molecule has 1 unspecified atom stereocenters. The van der Waals surface area contributed by atoms with Crippen molar-refractivity contribution in [2.24, 2.45) is 0 Å². The zero-order chi connectivity index (χ0) is 20.4.